The molecule has 0 spiro atoms. The van der Waals surface area contributed by atoms with E-state index in [4.69, 9.17) is 21.7 Å². The monoisotopic (exact) mass is 461 g/mol. The van der Waals surface area contributed by atoms with Crippen molar-refractivity contribution in [1.82, 2.24) is 0 Å². The third-order valence-corrected chi connectivity index (χ3v) is 6.15. The molecular formula is C25H19NO4S2. The number of aryl methyl sites for hydroxylation is 1. The second-order valence-electron chi connectivity index (χ2n) is 6.97. The molecule has 160 valence electrons. The summed E-state index contributed by atoms with van der Waals surface area (Å²) >= 11 is 6.71. The summed E-state index contributed by atoms with van der Waals surface area (Å²) in [4.78, 5) is 27.5. The van der Waals surface area contributed by atoms with Crippen molar-refractivity contribution in [2.24, 2.45) is 0 Å². The van der Waals surface area contributed by atoms with Crippen LogP contribution in [0.5, 0.6) is 11.5 Å². The molecule has 1 amide bonds. The number of para-hydroxylation sites is 1. The molecule has 0 unspecified atom stereocenters. The molecule has 1 fully saturated rings. The first-order valence-corrected chi connectivity index (χ1v) is 11.0. The van der Waals surface area contributed by atoms with Gasteiger partial charge >= 0.3 is 5.97 Å². The average Bonchev–Trinajstić information content (AvgIpc) is 3.08. The van der Waals surface area contributed by atoms with Crippen molar-refractivity contribution < 1.29 is 19.1 Å². The SMILES string of the molecule is COc1cc(/C=C2\SC(=S)N(c3ccccc3C)C2=O)ccc1OC(=O)c1ccccc1. The van der Waals surface area contributed by atoms with Gasteiger partial charge in [-0.3, -0.25) is 9.69 Å². The molecular weight excluding hydrogens is 442 g/mol. The number of amides is 1. The van der Waals surface area contributed by atoms with Gasteiger partial charge in [0.05, 0.1) is 23.3 Å². The molecule has 1 aliphatic rings. The molecule has 0 atom stereocenters. The lowest BCUT2D eigenvalue weighted by molar-refractivity contribution is -0.113. The number of carbonyl (C=O) groups is 2. The summed E-state index contributed by atoms with van der Waals surface area (Å²) in [6.07, 6.45) is 1.75. The Morgan fingerprint density at radius 2 is 1.72 bits per heavy atom. The normalized spacial score (nSPS) is 14.7. The fourth-order valence-electron chi connectivity index (χ4n) is 3.23. The number of nitrogens with zero attached hydrogens (tertiary/aromatic N) is 1. The Morgan fingerprint density at radius 1 is 1.00 bits per heavy atom. The molecule has 5 nitrogen and oxygen atoms in total. The topological polar surface area (TPSA) is 55.8 Å². The van der Waals surface area contributed by atoms with E-state index in [1.807, 2.05) is 37.3 Å². The minimum Gasteiger partial charge on any atom is -0.493 e. The van der Waals surface area contributed by atoms with Crippen molar-refractivity contribution in [3.63, 3.8) is 0 Å². The summed E-state index contributed by atoms with van der Waals surface area (Å²) in [5.74, 6) is 0.0342. The predicted octanol–water partition coefficient (Wildman–Crippen LogP) is 5.63. The number of rotatable bonds is 5. The van der Waals surface area contributed by atoms with E-state index in [-0.39, 0.29) is 5.91 Å². The molecule has 32 heavy (non-hydrogen) atoms. The zero-order valence-corrected chi connectivity index (χ0v) is 19.0. The van der Waals surface area contributed by atoms with Gasteiger partial charge in [-0.15, -0.1) is 0 Å². The molecule has 7 heteroatoms. The highest BCUT2D eigenvalue weighted by Gasteiger charge is 2.34. The number of anilines is 1. The number of thioether (sulfide) groups is 1. The first kappa shape index (κ1) is 21.8. The van der Waals surface area contributed by atoms with Gasteiger partial charge in [0.2, 0.25) is 0 Å². The highest BCUT2D eigenvalue weighted by atomic mass is 32.2. The van der Waals surface area contributed by atoms with Crippen molar-refractivity contribution >= 4 is 51.9 Å². The summed E-state index contributed by atoms with van der Waals surface area (Å²) in [6, 6.07) is 21.5. The van der Waals surface area contributed by atoms with Crippen LogP contribution >= 0.6 is 24.0 Å². The lowest BCUT2D eigenvalue weighted by Crippen LogP contribution is -2.28. The second kappa shape index (κ2) is 9.38. The summed E-state index contributed by atoms with van der Waals surface area (Å²) in [5.41, 5.74) is 2.92. The summed E-state index contributed by atoms with van der Waals surface area (Å²) in [6.45, 7) is 1.94. The molecule has 3 aromatic carbocycles. The molecule has 0 bridgehead atoms. The number of hydrogen-bond donors (Lipinski definition) is 0. The van der Waals surface area contributed by atoms with E-state index in [0.29, 0.717) is 26.3 Å². The third-order valence-electron chi connectivity index (χ3n) is 4.85. The van der Waals surface area contributed by atoms with Gasteiger partial charge in [-0.2, -0.15) is 0 Å². The smallest absolute Gasteiger partial charge is 0.343 e. The largest absolute Gasteiger partial charge is 0.493 e. The van der Waals surface area contributed by atoms with E-state index < -0.39 is 5.97 Å². The number of benzene rings is 3. The standard InChI is InChI=1S/C25H19NO4S2/c1-16-8-6-7-11-19(16)26-23(27)22(32-25(26)31)15-17-12-13-20(21(14-17)29-2)30-24(28)18-9-4-3-5-10-18/h3-15H,1-2H3/b22-15-. The Balaban J connectivity index is 1.58. The van der Waals surface area contributed by atoms with Crippen molar-refractivity contribution in [3.8, 4) is 11.5 Å². The van der Waals surface area contributed by atoms with Crippen molar-refractivity contribution in [1.29, 1.82) is 0 Å². The van der Waals surface area contributed by atoms with Gasteiger partial charge < -0.3 is 9.47 Å². The maximum atomic E-state index is 13.0. The molecule has 0 N–H and O–H groups in total. The molecule has 0 aliphatic carbocycles. The van der Waals surface area contributed by atoms with Crippen molar-refractivity contribution in [2.45, 2.75) is 6.92 Å². The number of methoxy groups -OCH3 is 1. The highest BCUT2D eigenvalue weighted by Crippen LogP contribution is 2.38. The van der Waals surface area contributed by atoms with Crippen LogP contribution in [0.1, 0.15) is 21.5 Å². The average molecular weight is 462 g/mol. The van der Waals surface area contributed by atoms with Gasteiger partial charge in [0, 0.05) is 0 Å². The summed E-state index contributed by atoms with van der Waals surface area (Å²) < 4.78 is 11.4. The first-order valence-electron chi connectivity index (χ1n) is 9.77. The maximum absolute atomic E-state index is 13.0. The molecule has 0 saturated carbocycles. The fourth-order valence-corrected chi connectivity index (χ4v) is 4.52. The van der Waals surface area contributed by atoms with Gasteiger partial charge in [0.1, 0.15) is 0 Å². The maximum Gasteiger partial charge on any atom is 0.343 e. The number of esters is 1. The van der Waals surface area contributed by atoms with Crippen LogP contribution < -0.4 is 14.4 Å². The van der Waals surface area contributed by atoms with Gasteiger partial charge in [-0.25, -0.2) is 4.79 Å². The lowest BCUT2D eigenvalue weighted by atomic mass is 10.1. The van der Waals surface area contributed by atoms with Crippen LogP contribution in [0.2, 0.25) is 0 Å². The molecule has 1 heterocycles. The van der Waals surface area contributed by atoms with E-state index in [9.17, 15) is 9.59 Å². The zero-order chi connectivity index (χ0) is 22.7. The lowest BCUT2D eigenvalue weighted by Gasteiger charge is -2.16. The van der Waals surface area contributed by atoms with Gasteiger partial charge in [-0.05, 0) is 54.5 Å². The van der Waals surface area contributed by atoms with Crippen LogP contribution in [-0.4, -0.2) is 23.3 Å². The Hall–Kier alpha value is -3.42. The second-order valence-corrected chi connectivity index (χ2v) is 8.65. The van der Waals surface area contributed by atoms with Gasteiger partial charge in [0.25, 0.3) is 5.91 Å². The quantitative estimate of drug-likeness (QED) is 0.212. The van der Waals surface area contributed by atoms with E-state index in [1.165, 1.54) is 18.9 Å². The highest BCUT2D eigenvalue weighted by molar-refractivity contribution is 8.27. The molecule has 4 rings (SSSR count). The zero-order valence-electron chi connectivity index (χ0n) is 17.4. The first-order chi connectivity index (χ1) is 15.5. The Morgan fingerprint density at radius 3 is 2.44 bits per heavy atom. The Bertz CT molecular complexity index is 1240. The van der Waals surface area contributed by atoms with Crippen molar-refractivity contribution in [3.05, 3.63) is 94.4 Å². The minimum absolute atomic E-state index is 0.173. The van der Waals surface area contributed by atoms with Crippen LogP contribution in [0.3, 0.4) is 0 Å². The minimum atomic E-state index is -0.476. The molecule has 0 radical (unpaired) electrons. The molecule has 3 aromatic rings. The molecule has 1 saturated heterocycles. The number of thiocarbonyl (C=S) groups is 1. The van der Waals surface area contributed by atoms with Crippen LogP contribution in [0, 0.1) is 6.92 Å². The van der Waals surface area contributed by atoms with Crippen LogP contribution in [0.25, 0.3) is 6.08 Å². The van der Waals surface area contributed by atoms with E-state index in [2.05, 4.69) is 0 Å². The van der Waals surface area contributed by atoms with E-state index in [0.717, 1.165) is 16.8 Å². The number of carbonyl (C=O) groups excluding carboxylic acids is 2. The van der Waals surface area contributed by atoms with Crippen molar-refractivity contribution in [2.75, 3.05) is 12.0 Å². The summed E-state index contributed by atoms with van der Waals surface area (Å²) in [5, 5.41) is 0. The third kappa shape index (κ3) is 4.44. The number of ether oxygens (including phenoxy) is 2. The van der Waals surface area contributed by atoms with Crippen LogP contribution in [0.4, 0.5) is 5.69 Å². The Labute approximate surface area is 195 Å². The van der Waals surface area contributed by atoms with E-state index in [1.54, 1.807) is 53.4 Å². The van der Waals surface area contributed by atoms with E-state index >= 15 is 0 Å². The van der Waals surface area contributed by atoms with Crippen LogP contribution in [-0.2, 0) is 4.79 Å². The van der Waals surface area contributed by atoms with Gasteiger partial charge in [0.15, 0.2) is 15.8 Å². The fraction of sp³-hybridized carbons (Fsp3) is 0.0800. The predicted molar refractivity (Wildman–Crippen MR) is 131 cm³/mol. The molecule has 1 aliphatic heterocycles. The summed E-state index contributed by atoms with van der Waals surface area (Å²) in [7, 11) is 1.50. The number of hydrogen-bond acceptors (Lipinski definition) is 6. The van der Waals surface area contributed by atoms with Crippen LogP contribution in [0.15, 0.2) is 77.7 Å². The van der Waals surface area contributed by atoms with Gasteiger partial charge in [-0.1, -0.05) is 66.4 Å². The Kier molecular flexibility index (Phi) is 6.39. The molecule has 0 aromatic heterocycles.